The van der Waals surface area contributed by atoms with E-state index in [1.807, 2.05) is 18.9 Å². The number of likely N-dealkylation sites (tertiary alicyclic amines) is 1. The molecule has 7 nitrogen and oxygen atoms in total. The number of aromatic nitrogens is 2. The van der Waals surface area contributed by atoms with Gasteiger partial charge in [-0.2, -0.15) is 5.10 Å². The molecular formula is C21H30N4O3. The summed E-state index contributed by atoms with van der Waals surface area (Å²) in [6.07, 6.45) is 7.01. The number of hydrogen-bond donors (Lipinski definition) is 1. The largest absolute Gasteiger partial charge is 0.369 e. The molecule has 0 aromatic carbocycles. The highest BCUT2D eigenvalue weighted by Gasteiger charge is 2.63. The summed E-state index contributed by atoms with van der Waals surface area (Å²) in [6, 6.07) is 0. The number of nitrogens with zero attached hydrogens (tertiary/aromatic N) is 3. The number of nitrogens with one attached hydrogen (secondary N) is 1. The van der Waals surface area contributed by atoms with Crippen LogP contribution in [0.4, 0.5) is 0 Å². The van der Waals surface area contributed by atoms with Gasteiger partial charge in [-0.05, 0) is 38.5 Å². The van der Waals surface area contributed by atoms with Crippen LogP contribution in [0.5, 0.6) is 0 Å². The van der Waals surface area contributed by atoms with Gasteiger partial charge in [0.15, 0.2) is 0 Å². The number of carbonyl (C=O) groups is 2. The number of fused-ring (bicyclic) bond motifs is 2. The summed E-state index contributed by atoms with van der Waals surface area (Å²) in [5.74, 6) is 0.813. The number of rotatable bonds is 4. The van der Waals surface area contributed by atoms with E-state index in [1.165, 1.54) is 0 Å². The molecule has 3 fully saturated rings. The lowest BCUT2D eigenvalue weighted by Crippen LogP contribution is -2.41. The first kappa shape index (κ1) is 18.2. The first-order valence-corrected chi connectivity index (χ1v) is 10.8. The summed E-state index contributed by atoms with van der Waals surface area (Å²) < 4.78 is 8.23. The molecule has 3 saturated heterocycles. The van der Waals surface area contributed by atoms with Crippen LogP contribution in [0.3, 0.4) is 0 Å². The molecule has 4 heterocycles. The summed E-state index contributed by atoms with van der Waals surface area (Å²) in [6.45, 7) is 3.93. The maximum absolute atomic E-state index is 13.5. The van der Waals surface area contributed by atoms with E-state index in [9.17, 15) is 9.59 Å². The topological polar surface area (TPSA) is 76.5 Å². The van der Waals surface area contributed by atoms with E-state index in [-0.39, 0.29) is 23.5 Å². The fourth-order valence-electron chi connectivity index (χ4n) is 6.07. The van der Waals surface area contributed by atoms with Gasteiger partial charge in [-0.15, -0.1) is 0 Å². The molecule has 1 aromatic heterocycles. The van der Waals surface area contributed by atoms with Gasteiger partial charge < -0.3 is 15.0 Å². The van der Waals surface area contributed by atoms with Crippen LogP contribution < -0.4 is 5.32 Å². The molecule has 5 rings (SSSR count). The van der Waals surface area contributed by atoms with Crippen molar-refractivity contribution >= 4 is 11.8 Å². The molecule has 0 unspecified atom stereocenters. The normalized spacial score (nSPS) is 33.1. The maximum atomic E-state index is 13.5. The van der Waals surface area contributed by atoms with E-state index in [1.54, 1.807) is 4.68 Å². The van der Waals surface area contributed by atoms with E-state index in [0.29, 0.717) is 31.3 Å². The number of aryl methyl sites for hydroxylation is 2. The smallest absolute Gasteiger partial charge is 0.272 e. The Bertz CT molecular complexity index is 819. The van der Waals surface area contributed by atoms with Crippen LogP contribution in [0, 0.1) is 11.8 Å². The standard InChI is InChI=1S/C21H30N4O3/c1-3-18(26)22-10-14-15-11-25(12-21(15)9-8-17(14)28-21)20(27)19-13-6-4-5-7-16(13)23-24(19)2/h14-15,17H,3-12H2,1-2H3,(H,22,26)/t14-,15+,17+,21+/m0/s1. The molecular weight excluding hydrogens is 356 g/mol. The Morgan fingerprint density at radius 2 is 2.14 bits per heavy atom. The van der Waals surface area contributed by atoms with Crippen LogP contribution in [0.15, 0.2) is 0 Å². The highest BCUT2D eigenvalue weighted by atomic mass is 16.5. The zero-order valence-corrected chi connectivity index (χ0v) is 16.9. The number of ether oxygens (including phenoxy) is 1. The number of hydrogen-bond acceptors (Lipinski definition) is 4. The van der Waals surface area contributed by atoms with E-state index in [0.717, 1.165) is 62.0 Å². The van der Waals surface area contributed by atoms with E-state index >= 15 is 0 Å². The monoisotopic (exact) mass is 386 g/mol. The molecule has 0 radical (unpaired) electrons. The van der Waals surface area contributed by atoms with Crippen molar-refractivity contribution in [2.45, 2.75) is 63.6 Å². The Kier molecular flexibility index (Phi) is 4.27. The predicted octanol–water partition coefficient (Wildman–Crippen LogP) is 1.44. The zero-order chi connectivity index (χ0) is 19.5. The first-order chi connectivity index (χ1) is 13.5. The van der Waals surface area contributed by atoms with Gasteiger partial charge in [-0.25, -0.2) is 0 Å². The molecule has 7 heteroatoms. The first-order valence-electron chi connectivity index (χ1n) is 10.8. The predicted molar refractivity (Wildman–Crippen MR) is 103 cm³/mol. The third kappa shape index (κ3) is 2.62. The van der Waals surface area contributed by atoms with Gasteiger partial charge in [0.05, 0.1) is 23.9 Å². The highest BCUT2D eigenvalue weighted by Crippen LogP contribution is 2.54. The van der Waals surface area contributed by atoms with Gasteiger partial charge in [0.1, 0.15) is 5.69 Å². The Hall–Kier alpha value is -1.89. The minimum absolute atomic E-state index is 0.0873. The molecule has 0 saturated carbocycles. The average Bonchev–Trinajstić information content (AvgIpc) is 3.42. The van der Waals surface area contributed by atoms with Gasteiger partial charge in [0.25, 0.3) is 5.91 Å². The lowest BCUT2D eigenvalue weighted by Gasteiger charge is -2.29. The molecule has 1 aliphatic carbocycles. The summed E-state index contributed by atoms with van der Waals surface area (Å²) >= 11 is 0. The van der Waals surface area contributed by atoms with Crippen molar-refractivity contribution in [3.8, 4) is 0 Å². The minimum Gasteiger partial charge on any atom is -0.369 e. The van der Waals surface area contributed by atoms with Crippen LogP contribution >= 0.6 is 0 Å². The molecule has 2 bridgehead atoms. The number of carbonyl (C=O) groups excluding carboxylic acids is 2. The van der Waals surface area contributed by atoms with Gasteiger partial charge in [-0.3, -0.25) is 14.3 Å². The fourth-order valence-corrected chi connectivity index (χ4v) is 6.07. The van der Waals surface area contributed by atoms with Gasteiger partial charge in [0, 0.05) is 44.0 Å². The summed E-state index contributed by atoms with van der Waals surface area (Å²) in [5.41, 5.74) is 2.83. The summed E-state index contributed by atoms with van der Waals surface area (Å²) in [4.78, 5) is 27.2. The van der Waals surface area contributed by atoms with Crippen molar-refractivity contribution in [1.29, 1.82) is 0 Å². The summed E-state index contributed by atoms with van der Waals surface area (Å²) in [5, 5.41) is 7.68. The fraction of sp³-hybridized carbons (Fsp3) is 0.762. The lowest BCUT2D eigenvalue weighted by atomic mass is 9.73. The molecule has 28 heavy (non-hydrogen) atoms. The van der Waals surface area contributed by atoms with Crippen LogP contribution in [0.2, 0.25) is 0 Å². The van der Waals surface area contributed by atoms with Crippen molar-refractivity contribution in [3.63, 3.8) is 0 Å². The molecule has 3 aliphatic heterocycles. The highest BCUT2D eigenvalue weighted by molar-refractivity contribution is 5.94. The molecule has 1 N–H and O–H groups in total. The van der Waals surface area contributed by atoms with Crippen molar-refractivity contribution in [3.05, 3.63) is 17.0 Å². The Balaban J connectivity index is 1.36. The third-order valence-corrected chi connectivity index (χ3v) is 7.45. The quantitative estimate of drug-likeness (QED) is 0.850. The average molecular weight is 386 g/mol. The van der Waals surface area contributed by atoms with Crippen LogP contribution in [-0.4, -0.2) is 57.8 Å². The second-order valence-corrected chi connectivity index (χ2v) is 8.98. The lowest BCUT2D eigenvalue weighted by molar-refractivity contribution is -0.121. The van der Waals surface area contributed by atoms with Crippen molar-refractivity contribution < 1.29 is 14.3 Å². The third-order valence-electron chi connectivity index (χ3n) is 7.45. The molecule has 152 valence electrons. The molecule has 2 amide bonds. The maximum Gasteiger partial charge on any atom is 0.272 e. The van der Waals surface area contributed by atoms with Crippen molar-refractivity contribution in [2.24, 2.45) is 18.9 Å². The minimum atomic E-state index is -0.208. The van der Waals surface area contributed by atoms with E-state index in [2.05, 4.69) is 10.4 Å². The van der Waals surface area contributed by atoms with Crippen LogP contribution in [0.25, 0.3) is 0 Å². The Morgan fingerprint density at radius 3 is 2.96 bits per heavy atom. The second kappa shape index (κ2) is 6.58. The van der Waals surface area contributed by atoms with Gasteiger partial charge >= 0.3 is 0 Å². The Morgan fingerprint density at radius 1 is 1.32 bits per heavy atom. The molecule has 1 spiro atoms. The molecule has 4 atom stereocenters. The van der Waals surface area contributed by atoms with Crippen molar-refractivity contribution in [1.82, 2.24) is 20.0 Å². The number of amides is 2. The van der Waals surface area contributed by atoms with E-state index < -0.39 is 0 Å². The van der Waals surface area contributed by atoms with Crippen LogP contribution in [0.1, 0.15) is 60.8 Å². The zero-order valence-electron chi connectivity index (χ0n) is 16.9. The Labute approximate surface area is 165 Å². The SMILES string of the molecule is CCC(=O)NC[C@H]1[C@H]2CN(C(=O)c3c4c(nn3C)CCCC4)C[C@]23CC[C@H]1O3. The van der Waals surface area contributed by atoms with Crippen LogP contribution in [-0.2, 0) is 29.4 Å². The van der Waals surface area contributed by atoms with Gasteiger partial charge in [0.2, 0.25) is 5.91 Å². The van der Waals surface area contributed by atoms with E-state index in [4.69, 9.17) is 4.74 Å². The second-order valence-electron chi connectivity index (χ2n) is 8.98. The summed E-state index contributed by atoms with van der Waals surface area (Å²) in [7, 11) is 1.89. The van der Waals surface area contributed by atoms with Crippen molar-refractivity contribution in [2.75, 3.05) is 19.6 Å². The van der Waals surface area contributed by atoms with Gasteiger partial charge in [-0.1, -0.05) is 6.92 Å². The molecule has 1 aromatic rings. The molecule has 4 aliphatic rings.